The second-order valence-electron chi connectivity index (χ2n) is 6.35. The van der Waals surface area contributed by atoms with E-state index in [1.165, 1.54) is 35.7 Å². The summed E-state index contributed by atoms with van der Waals surface area (Å²) in [6.45, 7) is 5.78. The largest absolute Gasteiger partial charge is 0.497 e. The van der Waals surface area contributed by atoms with Crippen molar-refractivity contribution in [1.82, 2.24) is 5.32 Å². The molecule has 1 saturated carbocycles. The fourth-order valence-corrected chi connectivity index (χ4v) is 3.18. The minimum absolute atomic E-state index is 0.312. The zero-order valence-electron chi connectivity index (χ0n) is 12.8. The van der Waals surface area contributed by atoms with E-state index < -0.39 is 0 Å². The summed E-state index contributed by atoms with van der Waals surface area (Å²) in [5.41, 5.74) is 1.66. The zero-order chi connectivity index (χ0) is 14.6. The Hall–Kier alpha value is -0.540. The van der Waals surface area contributed by atoms with Gasteiger partial charge in [0, 0.05) is 17.1 Å². The lowest BCUT2D eigenvalue weighted by Crippen LogP contribution is -2.35. The fourth-order valence-electron chi connectivity index (χ4n) is 2.79. The smallest absolute Gasteiger partial charge is 0.119 e. The van der Waals surface area contributed by atoms with Crippen molar-refractivity contribution >= 4 is 15.9 Å². The molecule has 1 aromatic rings. The molecule has 0 spiro atoms. The van der Waals surface area contributed by atoms with E-state index in [-0.39, 0.29) is 0 Å². The maximum atomic E-state index is 5.36. The van der Waals surface area contributed by atoms with Crippen molar-refractivity contribution in [2.45, 2.75) is 52.0 Å². The summed E-state index contributed by atoms with van der Waals surface area (Å²) in [5, 5.41) is 3.70. The number of halogens is 1. The van der Waals surface area contributed by atoms with Gasteiger partial charge in [0.25, 0.3) is 0 Å². The molecule has 0 saturated heterocycles. The van der Waals surface area contributed by atoms with Gasteiger partial charge in [0.1, 0.15) is 5.75 Å². The Bertz CT molecular complexity index is 445. The van der Waals surface area contributed by atoms with E-state index in [0.717, 1.165) is 24.8 Å². The van der Waals surface area contributed by atoms with Crippen molar-refractivity contribution in [2.75, 3.05) is 13.7 Å². The van der Waals surface area contributed by atoms with Crippen LogP contribution in [0.4, 0.5) is 0 Å². The molecule has 2 rings (SSSR count). The van der Waals surface area contributed by atoms with Gasteiger partial charge in [-0.3, -0.25) is 0 Å². The van der Waals surface area contributed by atoms with Gasteiger partial charge in [0.2, 0.25) is 0 Å². The van der Waals surface area contributed by atoms with Gasteiger partial charge in [-0.2, -0.15) is 0 Å². The van der Waals surface area contributed by atoms with Gasteiger partial charge in [-0.1, -0.05) is 36.2 Å². The number of benzene rings is 1. The predicted octanol–water partition coefficient (Wildman–Crippen LogP) is 4.56. The lowest BCUT2D eigenvalue weighted by Gasteiger charge is -2.30. The third-order valence-corrected chi connectivity index (χ3v) is 4.89. The number of nitrogens with one attached hydrogen (secondary N) is 1. The summed E-state index contributed by atoms with van der Waals surface area (Å²) in [5.74, 6) is 0.942. The van der Waals surface area contributed by atoms with Gasteiger partial charge in [-0.15, -0.1) is 0 Å². The van der Waals surface area contributed by atoms with Crippen molar-refractivity contribution in [1.29, 1.82) is 0 Å². The molecule has 1 unspecified atom stereocenters. The number of hydrogen-bond donors (Lipinski definition) is 1. The molecule has 1 aliphatic carbocycles. The number of hydrogen-bond acceptors (Lipinski definition) is 2. The maximum absolute atomic E-state index is 5.36. The molecule has 0 aliphatic heterocycles. The topological polar surface area (TPSA) is 21.3 Å². The summed E-state index contributed by atoms with van der Waals surface area (Å²) < 4.78 is 6.54. The molecule has 1 atom stereocenters. The van der Waals surface area contributed by atoms with Crippen LogP contribution >= 0.6 is 15.9 Å². The van der Waals surface area contributed by atoms with Crippen LogP contribution in [0.15, 0.2) is 22.7 Å². The molecule has 0 radical (unpaired) electrons. The molecular weight excluding hydrogens is 314 g/mol. The normalized spacial score (nSPS) is 17.8. The fraction of sp³-hybridized carbons (Fsp3) is 0.647. The molecule has 20 heavy (non-hydrogen) atoms. The first kappa shape index (κ1) is 15.8. The van der Waals surface area contributed by atoms with Crippen LogP contribution in [0.1, 0.15) is 45.1 Å². The highest BCUT2D eigenvalue weighted by Gasteiger charge is 2.28. The predicted molar refractivity (Wildman–Crippen MR) is 88.4 cm³/mol. The Morgan fingerprint density at radius 1 is 1.40 bits per heavy atom. The van der Waals surface area contributed by atoms with E-state index in [0.29, 0.717) is 5.41 Å². The Morgan fingerprint density at radius 2 is 2.15 bits per heavy atom. The van der Waals surface area contributed by atoms with Gasteiger partial charge < -0.3 is 10.1 Å². The molecule has 1 fully saturated rings. The Kier molecular flexibility index (Phi) is 5.50. The molecule has 0 bridgehead atoms. The number of methoxy groups -OCH3 is 1. The van der Waals surface area contributed by atoms with Gasteiger partial charge in [0.05, 0.1) is 7.11 Å². The molecule has 0 amide bonds. The average Bonchev–Trinajstić information content (AvgIpc) is 3.24. The van der Waals surface area contributed by atoms with Crippen LogP contribution < -0.4 is 10.1 Å². The minimum atomic E-state index is 0.312. The van der Waals surface area contributed by atoms with Crippen molar-refractivity contribution in [2.24, 2.45) is 5.41 Å². The molecule has 0 heterocycles. The summed E-state index contributed by atoms with van der Waals surface area (Å²) in [6.07, 6.45) is 6.26. The SMILES string of the molecule is CCCC(C)(CNC1CC1)Cc1cc(OC)ccc1Br. The summed E-state index contributed by atoms with van der Waals surface area (Å²) in [7, 11) is 1.73. The van der Waals surface area contributed by atoms with E-state index in [9.17, 15) is 0 Å². The number of ether oxygens (including phenoxy) is 1. The third kappa shape index (κ3) is 4.49. The molecule has 1 N–H and O–H groups in total. The molecule has 3 heteroatoms. The second kappa shape index (κ2) is 6.95. The zero-order valence-corrected chi connectivity index (χ0v) is 14.4. The lowest BCUT2D eigenvalue weighted by molar-refractivity contribution is 0.273. The minimum Gasteiger partial charge on any atom is -0.497 e. The summed E-state index contributed by atoms with van der Waals surface area (Å²) >= 11 is 3.68. The molecule has 2 nitrogen and oxygen atoms in total. The van der Waals surface area contributed by atoms with Gasteiger partial charge in [-0.05, 0) is 54.9 Å². The lowest BCUT2D eigenvalue weighted by atomic mass is 9.79. The standard InChI is InChI=1S/C17H26BrNO/c1-4-9-17(2,12-19-14-5-6-14)11-13-10-15(20-3)7-8-16(13)18/h7-8,10,14,19H,4-6,9,11-12H2,1-3H3. The van der Waals surface area contributed by atoms with E-state index in [1.807, 2.05) is 6.07 Å². The quantitative estimate of drug-likeness (QED) is 0.749. The number of rotatable bonds is 8. The van der Waals surface area contributed by atoms with E-state index in [1.54, 1.807) is 7.11 Å². The molecular formula is C17H26BrNO. The molecule has 1 aliphatic rings. The Labute approximate surface area is 131 Å². The highest BCUT2D eigenvalue weighted by molar-refractivity contribution is 9.10. The summed E-state index contributed by atoms with van der Waals surface area (Å²) in [4.78, 5) is 0. The first-order valence-electron chi connectivity index (χ1n) is 7.62. The van der Waals surface area contributed by atoms with Crippen LogP contribution in [-0.4, -0.2) is 19.7 Å². The maximum Gasteiger partial charge on any atom is 0.119 e. The monoisotopic (exact) mass is 339 g/mol. The van der Waals surface area contributed by atoms with Crippen LogP contribution in [0, 0.1) is 5.41 Å². The van der Waals surface area contributed by atoms with E-state index in [4.69, 9.17) is 4.74 Å². The highest BCUT2D eigenvalue weighted by Crippen LogP contribution is 2.33. The summed E-state index contributed by atoms with van der Waals surface area (Å²) in [6, 6.07) is 7.04. The Balaban J connectivity index is 2.08. The van der Waals surface area contributed by atoms with Crippen LogP contribution in [0.2, 0.25) is 0 Å². The van der Waals surface area contributed by atoms with Crippen LogP contribution in [-0.2, 0) is 6.42 Å². The molecule has 0 aromatic heterocycles. The van der Waals surface area contributed by atoms with Crippen molar-refractivity contribution in [3.05, 3.63) is 28.2 Å². The van der Waals surface area contributed by atoms with Crippen LogP contribution in [0.5, 0.6) is 5.75 Å². The highest BCUT2D eigenvalue weighted by atomic mass is 79.9. The third-order valence-electron chi connectivity index (χ3n) is 4.12. The van der Waals surface area contributed by atoms with Crippen LogP contribution in [0.3, 0.4) is 0 Å². The average molecular weight is 340 g/mol. The van der Waals surface area contributed by atoms with Crippen molar-refractivity contribution in [3.8, 4) is 5.75 Å². The Morgan fingerprint density at radius 3 is 2.75 bits per heavy atom. The van der Waals surface area contributed by atoms with Crippen molar-refractivity contribution in [3.63, 3.8) is 0 Å². The van der Waals surface area contributed by atoms with Crippen LogP contribution in [0.25, 0.3) is 0 Å². The van der Waals surface area contributed by atoms with E-state index >= 15 is 0 Å². The second-order valence-corrected chi connectivity index (χ2v) is 7.20. The first-order chi connectivity index (χ1) is 9.56. The van der Waals surface area contributed by atoms with Gasteiger partial charge >= 0.3 is 0 Å². The van der Waals surface area contributed by atoms with Gasteiger partial charge in [-0.25, -0.2) is 0 Å². The first-order valence-corrected chi connectivity index (χ1v) is 8.41. The van der Waals surface area contributed by atoms with Gasteiger partial charge in [0.15, 0.2) is 0 Å². The molecule has 112 valence electrons. The molecule has 1 aromatic carbocycles. The van der Waals surface area contributed by atoms with Crippen molar-refractivity contribution < 1.29 is 4.74 Å². The van der Waals surface area contributed by atoms with E-state index in [2.05, 4.69) is 47.2 Å².